The van der Waals surface area contributed by atoms with Crippen LogP contribution < -0.4 is 5.32 Å². The molecular formula is C15H21NO4S. The molecule has 0 saturated heterocycles. The maximum Gasteiger partial charge on any atom is 0.319 e. The number of carbonyl (C=O) groups is 2. The molecule has 116 valence electrons. The average Bonchev–Trinajstić information content (AvgIpc) is 2.48. The number of ether oxygens (including phenoxy) is 2. The largest absolute Gasteiger partial charge is 0.452 e. The molecule has 0 aliphatic carbocycles. The SMILES string of the molecule is COCCNC(=O)[C@@H](C)OC(=O)[C@@H](C)Sc1ccccc1. The van der Waals surface area contributed by atoms with E-state index in [1.807, 2.05) is 30.3 Å². The predicted molar refractivity (Wildman–Crippen MR) is 82.2 cm³/mol. The zero-order chi connectivity index (χ0) is 15.7. The third kappa shape index (κ3) is 6.64. The molecule has 1 aromatic carbocycles. The standard InChI is InChI=1S/C15H21NO4S/c1-11(14(17)16-9-10-19-3)20-15(18)12(2)21-13-7-5-4-6-8-13/h4-8,11-12H,9-10H2,1-3H3,(H,16,17)/t11-,12-/m1/s1. The summed E-state index contributed by atoms with van der Waals surface area (Å²) in [7, 11) is 1.55. The number of nitrogens with one attached hydrogen (secondary N) is 1. The van der Waals surface area contributed by atoms with Crippen molar-refractivity contribution in [3.8, 4) is 0 Å². The lowest BCUT2D eigenvalue weighted by atomic mass is 10.3. The van der Waals surface area contributed by atoms with Crippen molar-refractivity contribution in [3.63, 3.8) is 0 Å². The van der Waals surface area contributed by atoms with Crippen LogP contribution in [-0.4, -0.2) is 43.5 Å². The van der Waals surface area contributed by atoms with Crippen molar-refractivity contribution >= 4 is 23.6 Å². The van der Waals surface area contributed by atoms with Gasteiger partial charge in [0.15, 0.2) is 6.10 Å². The van der Waals surface area contributed by atoms with Crippen LogP contribution in [-0.2, 0) is 19.1 Å². The molecule has 0 spiro atoms. The highest BCUT2D eigenvalue weighted by molar-refractivity contribution is 8.00. The molecule has 21 heavy (non-hydrogen) atoms. The van der Waals surface area contributed by atoms with Gasteiger partial charge in [0, 0.05) is 18.6 Å². The predicted octanol–water partition coefficient (Wildman–Crippen LogP) is 1.86. The van der Waals surface area contributed by atoms with Gasteiger partial charge in [-0.1, -0.05) is 18.2 Å². The van der Waals surface area contributed by atoms with E-state index in [9.17, 15) is 9.59 Å². The highest BCUT2D eigenvalue weighted by Gasteiger charge is 2.22. The summed E-state index contributed by atoms with van der Waals surface area (Å²) in [5, 5.41) is 2.26. The van der Waals surface area contributed by atoms with Gasteiger partial charge in [-0.25, -0.2) is 0 Å². The summed E-state index contributed by atoms with van der Waals surface area (Å²) in [6, 6.07) is 9.59. The average molecular weight is 311 g/mol. The van der Waals surface area contributed by atoms with Crippen LogP contribution in [0.2, 0.25) is 0 Å². The van der Waals surface area contributed by atoms with Gasteiger partial charge in [0.25, 0.3) is 5.91 Å². The Bertz CT molecular complexity index is 452. The van der Waals surface area contributed by atoms with Gasteiger partial charge in [0.1, 0.15) is 5.25 Å². The van der Waals surface area contributed by atoms with Gasteiger partial charge in [-0.15, -0.1) is 11.8 Å². The van der Waals surface area contributed by atoms with Crippen LogP contribution in [0.3, 0.4) is 0 Å². The van der Waals surface area contributed by atoms with Crippen molar-refractivity contribution in [1.82, 2.24) is 5.32 Å². The number of thioether (sulfide) groups is 1. The Morgan fingerprint density at radius 3 is 2.52 bits per heavy atom. The van der Waals surface area contributed by atoms with E-state index in [2.05, 4.69) is 5.32 Å². The Morgan fingerprint density at radius 1 is 1.24 bits per heavy atom. The van der Waals surface area contributed by atoms with Gasteiger partial charge in [-0.2, -0.15) is 0 Å². The molecule has 1 rings (SSSR count). The van der Waals surface area contributed by atoms with Gasteiger partial charge in [-0.3, -0.25) is 9.59 Å². The van der Waals surface area contributed by atoms with Crippen LogP contribution in [0.1, 0.15) is 13.8 Å². The number of hydrogen-bond donors (Lipinski definition) is 1. The van der Waals surface area contributed by atoms with Gasteiger partial charge in [0.05, 0.1) is 6.61 Å². The van der Waals surface area contributed by atoms with Crippen molar-refractivity contribution in [2.45, 2.75) is 30.1 Å². The van der Waals surface area contributed by atoms with Crippen LogP contribution >= 0.6 is 11.8 Å². The lowest BCUT2D eigenvalue weighted by molar-refractivity contribution is -0.154. The summed E-state index contributed by atoms with van der Waals surface area (Å²) in [5.74, 6) is -0.726. The molecule has 0 bridgehead atoms. The minimum absolute atomic E-state index is 0.322. The Hall–Kier alpha value is -1.53. The minimum Gasteiger partial charge on any atom is -0.452 e. The molecule has 0 saturated carbocycles. The Kier molecular flexibility index (Phi) is 7.85. The van der Waals surface area contributed by atoms with E-state index >= 15 is 0 Å². The Labute approximate surface area is 129 Å². The second-order valence-corrected chi connectivity index (χ2v) is 5.85. The highest BCUT2D eigenvalue weighted by Crippen LogP contribution is 2.23. The molecule has 1 aromatic rings. The molecular weight excluding hydrogens is 290 g/mol. The summed E-state index contributed by atoms with van der Waals surface area (Å²) >= 11 is 1.40. The van der Waals surface area contributed by atoms with E-state index in [0.29, 0.717) is 13.2 Å². The summed E-state index contributed by atoms with van der Waals surface area (Å²) in [5.41, 5.74) is 0. The summed E-state index contributed by atoms with van der Waals surface area (Å²) in [6.45, 7) is 4.13. The molecule has 1 N–H and O–H groups in total. The fourth-order valence-electron chi connectivity index (χ4n) is 1.49. The molecule has 5 nitrogen and oxygen atoms in total. The summed E-state index contributed by atoms with van der Waals surface area (Å²) < 4.78 is 10.00. The Balaban J connectivity index is 2.39. The first-order chi connectivity index (χ1) is 10.0. The zero-order valence-electron chi connectivity index (χ0n) is 12.5. The van der Waals surface area contributed by atoms with Crippen LogP contribution in [0.25, 0.3) is 0 Å². The molecule has 1 amide bonds. The first-order valence-corrected chi connectivity index (χ1v) is 7.61. The third-order valence-corrected chi connectivity index (χ3v) is 3.75. The number of amides is 1. The normalized spacial score (nSPS) is 13.3. The highest BCUT2D eigenvalue weighted by atomic mass is 32.2. The number of carbonyl (C=O) groups excluding carboxylic acids is 2. The Morgan fingerprint density at radius 2 is 1.90 bits per heavy atom. The molecule has 0 radical (unpaired) electrons. The van der Waals surface area contributed by atoms with E-state index in [1.54, 1.807) is 21.0 Å². The second-order valence-electron chi connectivity index (χ2n) is 4.44. The molecule has 6 heteroatoms. The zero-order valence-corrected chi connectivity index (χ0v) is 13.3. The number of hydrogen-bond acceptors (Lipinski definition) is 5. The molecule has 0 aromatic heterocycles. The van der Waals surface area contributed by atoms with Crippen LogP contribution in [0.15, 0.2) is 35.2 Å². The smallest absolute Gasteiger partial charge is 0.319 e. The van der Waals surface area contributed by atoms with Crippen molar-refractivity contribution in [2.24, 2.45) is 0 Å². The topological polar surface area (TPSA) is 64.6 Å². The van der Waals surface area contributed by atoms with Gasteiger partial charge < -0.3 is 14.8 Å². The van der Waals surface area contributed by atoms with E-state index in [0.717, 1.165) is 4.90 Å². The van der Waals surface area contributed by atoms with Crippen molar-refractivity contribution in [2.75, 3.05) is 20.3 Å². The summed E-state index contributed by atoms with van der Waals surface area (Å²) in [6.07, 6.45) is -0.812. The van der Waals surface area contributed by atoms with Crippen LogP contribution in [0.5, 0.6) is 0 Å². The maximum absolute atomic E-state index is 11.9. The third-order valence-electron chi connectivity index (χ3n) is 2.66. The van der Waals surface area contributed by atoms with Gasteiger partial charge >= 0.3 is 5.97 Å². The first kappa shape index (κ1) is 17.5. The lowest BCUT2D eigenvalue weighted by Gasteiger charge is -2.16. The molecule has 0 fully saturated rings. The quantitative estimate of drug-likeness (QED) is 0.451. The van der Waals surface area contributed by atoms with Crippen LogP contribution in [0, 0.1) is 0 Å². The molecule has 2 atom stereocenters. The van der Waals surface area contributed by atoms with E-state index < -0.39 is 12.1 Å². The molecule has 0 unspecified atom stereocenters. The number of benzene rings is 1. The number of rotatable bonds is 8. The maximum atomic E-state index is 11.9. The fraction of sp³-hybridized carbons (Fsp3) is 0.467. The second kappa shape index (κ2) is 9.41. The molecule has 0 aliphatic rings. The number of esters is 1. The van der Waals surface area contributed by atoms with Crippen LogP contribution in [0.4, 0.5) is 0 Å². The van der Waals surface area contributed by atoms with E-state index in [4.69, 9.17) is 9.47 Å². The van der Waals surface area contributed by atoms with E-state index in [1.165, 1.54) is 11.8 Å². The monoisotopic (exact) mass is 311 g/mol. The molecule has 0 aliphatic heterocycles. The van der Waals surface area contributed by atoms with Crippen molar-refractivity contribution in [1.29, 1.82) is 0 Å². The minimum atomic E-state index is -0.812. The first-order valence-electron chi connectivity index (χ1n) is 6.73. The van der Waals surface area contributed by atoms with Gasteiger partial charge in [-0.05, 0) is 26.0 Å². The number of methoxy groups -OCH3 is 1. The van der Waals surface area contributed by atoms with E-state index in [-0.39, 0.29) is 11.2 Å². The molecule has 0 heterocycles. The lowest BCUT2D eigenvalue weighted by Crippen LogP contribution is -2.38. The van der Waals surface area contributed by atoms with Gasteiger partial charge in [0.2, 0.25) is 0 Å². The fourth-order valence-corrected chi connectivity index (χ4v) is 2.37. The van der Waals surface area contributed by atoms with Crippen molar-refractivity contribution in [3.05, 3.63) is 30.3 Å². The van der Waals surface area contributed by atoms with Crippen molar-refractivity contribution < 1.29 is 19.1 Å². The summed E-state index contributed by atoms with van der Waals surface area (Å²) in [4.78, 5) is 24.6.